The molecule has 1 fully saturated rings. The average molecular weight is 234 g/mol. The van der Waals surface area contributed by atoms with Crippen molar-refractivity contribution in [3.8, 4) is 5.75 Å². The molecule has 2 unspecified atom stereocenters. The molecule has 1 saturated heterocycles. The molecule has 3 nitrogen and oxygen atoms in total. The van der Waals surface area contributed by atoms with Gasteiger partial charge in [0, 0.05) is 23.8 Å². The number of anilines is 1. The van der Waals surface area contributed by atoms with E-state index in [1.807, 2.05) is 6.07 Å². The number of phenolic OH excluding ortho intramolecular Hbond substituents is 1. The van der Waals surface area contributed by atoms with E-state index in [0.29, 0.717) is 11.8 Å². The lowest BCUT2D eigenvalue weighted by Crippen LogP contribution is -2.41. The molecule has 0 radical (unpaired) electrons. The lowest BCUT2D eigenvalue weighted by Gasteiger charge is -2.38. The highest BCUT2D eigenvalue weighted by molar-refractivity contribution is 5.47. The van der Waals surface area contributed by atoms with Crippen LogP contribution in [0.3, 0.4) is 0 Å². The summed E-state index contributed by atoms with van der Waals surface area (Å²) in [6, 6.07) is 5.87. The zero-order valence-electron chi connectivity index (χ0n) is 10.7. The highest BCUT2D eigenvalue weighted by Crippen LogP contribution is 2.27. The van der Waals surface area contributed by atoms with Crippen molar-refractivity contribution in [3.05, 3.63) is 23.8 Å². The van der Waals surface area contributed by atoms with Crippen molar-refractivity contribution in [3.63, 3.8) is 0 Å². The van der Waals surface area contributed by atoms with Gasteiger partial charge in [-0.15, -0.1) is 0 Å². The summed E-state index contributed by atoms with van der Waals surface area (Å²) < 4.78 is 0. The molecular formula is C14H22N2O. The van der Waals surface area contributed by atoms with Crippen molar-refractivity contribution in [2.75, 3.05) is 12.3 Å². The topological polar surface area (TPSA) is 49.5 Å². The predicted molar refractivity (Wildman–Crippen MR) is 70.8 cm³/mol. The maximum absolute atomic E-state index is 9.84. The van der Waals surface area contributed by atoms with Gasteiger partial charge in [-0.3, -0.25) is 4.90 Å². The predicted octanol–water partition coefficient (Wildman–Crippen LogP) is 2.59. The Hall–Kier alpha value is -1.22. The summed E-state index contributed by atoms with van der Waals surface area (Å²) in [4.78, 5) is 2.43. The first-order valence-corrected chi connectivity index (χ1v) is 6.39. The molecule has 0 spiro atoms. The normalized spacial score (nSPS) is 26.0. The average Bonchev–Trinajstić information content (AvgIpc) is 2.30. The Labute approximate surface area is 103 Å². The zero-order valence-corrected chi connectivity index (χ0v) is 10.7. The minimum Gasteiger partial charge on any atom is -0.508 e. The monoisotopic (exact) mass is 234 g/mol. The number of hydrogen-bond acceptors (Lipinski definition) is 3. The molecule has 1 aromatic rings. The van der Waals surface area contributed by atoms with E-state index in [9.17, 15) is 5.11 Å². The minimum absolute atomic E-state index is 0.352. The molecule has 3 N–H and O–H groups in total. The SMILES string of the molecule is CC1CCCN(Cc2cc(N)ccc2O)C1C. The number of nitrogen functional groups attached to an aromatic ring is 1. The molecule has 0 amide bonds. The molecule has 0 aromatic heterocycles. The summed E-state index contributed by atoms with van der Waals surface area (Å²) in [5, 5.41) is 9.84. The molecule has 3 heteroatoms. The highest BCUT2D eigenvalue weighted by Gasteiger charge is 2.25. The summed E-state index contributed by atoms with van der Waals surface area (Å²) in [5.41, 5.74) is 7.42. The Morgan fingerprint density at radius 3 is 2.94 bits per heavy atom. The Bertz CT molecular complexity index is 392. The van der Waals surface area contributed by atoms with E-state index in [0.717, 1.165) is 30.3 Å². The van der Waals surface area contributed by atoms with E-state index in [2.05, 4.69) is 18.7 Å². The maximum atomic E-state index is 9.84. The molecule has 1 aliphatic heterocycles. The number of benzene rings is 1. The highest BCUT2D eigenvalue weighted by atomic mass is 16.3. The number of nitrogens with two attached hydrogens (primary N) is 1. The van der Waals surface area contributed by atoms with Crippen LogP contribution >= 0.6 is 0 Å². The third-order valence-electron chi connectivity index (χ3n) is 3.98. The smallest absolute Gasteiger partial charge is 0.120 e. The summed E-state index contributed by atoms with van der Waals surface area (Å²) >= 11 is 0. The van der Waals surface area contributed by atoms with Crippen LogP contribution in [-0.4, -0.2) is 22.6 Å². The largest absolute Gasteiger partial charge is 0.508 e. The van der Waals surface area contributed by atoms with Gasteiger partial charge in [-0.25, -0.2) is 0 Å². The van der Waals surface area contributed by atoms with Gasteiger partial charge in [-0.1, -0.05) is 6.92 Å². The Morgan fingerprint density at radius 2 is 2.18 bits per heavy atom. The minimum atomic E-state index is 0.352. The van der Waals surface area contributed by atoms with Crippen molar-refractivity contribution < 1.29 is 5.11 Å². The second kappa shape index (κ2) is 4.96. The van der Waals surface area contributed by atoms with Crippen molar-refractivity contribution in [1.82, 2.24) is 4.90 Å². The number of nitrogens with zero attached hydrogens (tertiary/aromatic N) is 1. The van der Waals surface area contributed by atoms with Crippen LogP contribution in [0.5, 0.6) is 5.75 Å². The maximum Gasteiger partial charge on any atom is 0.120 e. The van der Waals surface area contributed by atoms with Crippen LogP contribution in [0, 0.1) is 5.92 Å². The molecular weight excluding hydrogens is 212 g/mol. The standard InChI is InChI=1S/C14H22N2O/c1-10-4-3-7-16(11(10)2)9-12-8-13(15)5-6-14(12)17/h5-6,8,10-11,17H,3-4,7,9,15H2,1-2H3. The fourth-order valence-electron chi connectivity index (χ4n) is 2.60. The van der Waals surface area contributed by atoms with Gasteiger partial charge in [0.25, 0.3) is 0 Å². The fourth-order valence-corrected chi connectivity index (χ4v) is 2.60. The molecule has 94 valence electrons. The number of rotatable bonds is 2. The molecule has 0 saturated carbocycles. The van der Waals surface area contributed by atoms with Crippen LogP contribution in [0.2, 0.25) is 0 Å². The van der Waals surface area contributed by atoms with Crippen LogP contribution in [0.25, 0.3) is 0 Å². The van der Waals surface area contributed by atoms with Crippen LogP contribution < -0.4 is 5.73 Å². The third-order valence-corrected chi connectivity index (χ3v) is 3.98. The van der Waals surface area contributed by atoms with Crippen molar-refractivity contribution in [2.24, 2.45) is 5.92 Å². The molecule has 1 aromatic carbocycles. The lowest BCUT2D eigenvalue weighted by atomic mass is 9.91. The number of phenols is 1. The summed E-state index contributed by atoms with van der Waals surface area (Å²) in [6.45, 7) is 6.48. The second-order valence-electron chi connectivity index (χ2n) is 5.22. The summed E-state index contributed by atoms with van der Waals surface area (Å²) in [6.07, 6.45) is 2.55. The van der Waals surface area contributed by atoms with Gasteiger partial charge >= 0.3 is 0 Å². The first kappa shape index (κ1) is 12.2. The van der Waals surface area contributed by atoms with Gasteiger partial charge in [-0.05, 0) is 50.4 Å². The van der Waals surface area contributed by atoms with E-state index in [4.69, 9.17) is 5.73 Å². The van der Waals surface area contributed by atoms with Crippen LogP contribution in [0.1, 0.15) is 32.3 Å². The first-order valence-electron chi connectivity index (χ1n) is 6.39. The van der Waals surface area contributed by atoms with Crippen LogP contribution in [-0.2, 0) is 6.54 Å². The molecule has 1 heterocycles. The van der Waals surface area contributed by atoms with Gasteiger partial charge in [-0.2, -0.15) is 0 Å². The molecule has 2 atom stereocenters. The van der Waals surface area contributed by atoms with Gasteiger partial charge in [0.05, 0.1) is 0 Å². The fraction of sp³-hybridized carbons (Fsp3) is 0.571. The van der Waals surface area contributed by atoms with Crippen molar-refractivity contribution >= 4 is 5.69 Å². The summed E-state index contributed by atoms with van der Waals surface area (Å²) in [7, 11) is 0. The Balaban J connectivity index is 2.11. The Kier molecular flexibility index (Phi) is 3.57. The van der Waals surface area contributed by atoms with Crippen LogP contribution in [0.4, 0.5) is 5.69 Å². The molecule has 0 aliphatic carbocycles. The molecule has 17 heavy (non-hydrogen) atoms. The number of likely N-dealkylation sites (tertiary alicyclic amines) is 1. The van der Waals surface area contributed by atoms with E-state index in [1.165, 1.54) is 12.8 Å². The number of hydrogen-bond donors (Lipinski definition) is 2. The van der Waals surface area contributed by atoms with E-state index in [1.54, 1.807) is 12.1 Å². The lowest BCUT2D eigenvalue weighted by molar-refractivity contribution is 0.105. The van der Waals surface area contributed by atoms with Gasteiger partial charge < -0.3 is 10.8 Å². The van der Waals surface area contributed by atoms with Crippen molar-refractivity contribution in [1.29, 1.82) is 0 Å². The van der Waals surface area contributed by atoms with E-state index >= 15 is 0 Å². The first-order chi connectivity index (χ1) is 8.08. The molecule has 0 bridgehead atoms. The zero-order chi connectivity index (χ0) is 12.4. The number of aromatic hydroxyl groups is 1. The summed E-state index contributed by atoms with van der Waals surface area (Å²) in [5.74, 6) is 1.08. The van der Waals surface area contributed by atoms with Crippen molar-refractivity contribution in [2.45, 2.75) is 39.3 Å². The number of piperidine rings is 1. The quantitative estimate of drug-likeness (QED) is 0.611. The molecule has 1 aliphatic rings. The van der Waals surface area contributed by atoms with Crippen LogP contribution in [0.15, 0.2) is 18.2 Å². The van der Waals surface area contributed by atoms with Gasteiger partial charge in [0.1, 0.15) is 5.75 Å². The molecule has 2 rings (SSSR count). The van der Waals surface area contributed by atoms with E-state index < -0.39 is 0 Å². The van der Waals surface area contributed by atoms with Gasteiger partial charge in [0.2, 0.25) is 0 Å². The third kappa shape index (κ3) is 2.72. The van der Waals surface area contributed by atoms with E-state index in [-0.39, 0.29) is 0 Å². The second-order valence-corrected chi connectivity index (χ2v) is 5.22. The van der Waals surface area contributed by atoms with Gasteiger partial charge in [0.15, 0.2) is 0 Å². The Morgan fingerprint density at radius 1 is 1.41 bits per heavy atom.